The predicted octanol–water partition coefficient (Wildman–Crippen LogP) is 0.696. The number of nitrogens with one attached hydrogen (secondary N) is 2. The minimum absolute atomic E-state index is 0.169. The van der Waals surface area contributed by atoms with Crippen LogP contribution in [0.25, 0.3) is 0 Å². The summed E-state index contributed by atoms with van der Waals surface area (Å²) in [6.45, 7) is 5.32. The minimum Gasteiger partial charge on any atom is -0.480 e. The van der Waals surface area contributed by atoms with Gasteiger partial charge in [-0.25, -0.2) is 9.59 Å². The van der Waals surface area contributed by atoms with E-state index in [1.54, 1.807) is 13.2 Å². The topological polar surface area (TPSA) is 95.5 Å². The fraction of sp³-hybridized carbons (Fsp3) is 0.818. The average Bonchev–Trinajstić information content (AvgIpc) is 2.25. The fourth-order valence-corrected chi connectivity index (χ4v) is 1.69. The highest BCUT2D eigenvalue weighted by atomic mass is 32.2. The zero-order valence-corrected chi connectivity index (χ0v) is 12.1. The first-order valence-corrected chi connectivity index (χ1v) is 7.46. The van der Waals surface area contributed by atoms with Crippen molar-refractivity contribution in [2.24, 2.45) is 0 Å². The maximum atomic E-state index is 11.6. The Kier molecular flexibility index (Phi) is 6.90. The van der Waals surface area contributed by atoms with Gasteiger partial charge in [-0.05, 0) is 20.3 Å². The quantitative estimate of drug-likeness (QED) is 0.638. The smallest absolute Gasteiger partial charge is 0.329 e. The standard InChI is InChI=1S/C11H22N2O4S/c1-5-6-11(3,9(14)15)13-10(16)12-7-8(2)18(4)17/h8H,5-7H2,1-4H3,(H,14,15)(H2,12,13,16). The highest BCUT2D eigenvalue weighted by molar-refractivity contribution is 7.84. The summed E-state index contributed by atoms with van der Waals surface area (Å²) in [7, 11) is -1.02. The Hall–Kier alpha value is -1.11. The molecule has 18 heavy (non-hydrogen) atoms. The van der Waals surface area contributed by atoms with Crippen LogP contribution in [0.1, 0.15) is 33.6 Å². The summed E-state index contributed by atoms with van der Waals surface area (Å²) in [5, 5.41) is 13.9. The van der Waals surface area contributed by atoms with Gasteiger partial charge in [0.05, 0.1) is 0 Å². The molecule has 0 saturated carbocycles. The average molecular weight is 278 g/mol. The molecule has 7 heteroatoms. The second-order valence-corrected chi connectivity index (χ2v) is 6.33. The lowest BCUT2D eigenvalue weighted by Crippen LogP contribution is -2.55. The van der Waals surface area contributed by atoms with E-state index in [0.29, 0.717) is 12.8 Å². The number of carboxylic acids is 1. The van der Waals surface area contributed by atoms with Crippen LogP contribution in [0.4, 0.5) is 4.79 Å². The number of rotatable bonds is 7. The van der Waals surface area contributed by atoms with E-state index in [0.717, 1.165) is 0 Å². The van der Waals surface area contributed by atoms with Gasteiger partial charge in [0.1, 0.15) is 5.54 Å². The van der Waals surface area contributed by atoms with Gasteiger partial charge >= 0.3 is 12.0 Å². The number of amides is 2. The molecule has 0 aliphatic carbocycles. The van der Waals surface area contributed by atoms with Crippen molar-refractivity contribution in [2.75, 3.05) is 12.8 Å². The van der Waals surface area contributed by atoms with Crippen LogP contribution < -0.4 is 10.6 Å². The molecule has 0 aliphatic heterocycles. The second kappa shape index (κ2) is 7.35. The molecule has 2 amide bonds. The molecule has 6 nitrogen and oxygen atoms in total. The first kappa shape index (κ1) is 16.9. The number of carbonyl (C=O) groups excluding carboxylic acids is 1. The molecule has 0 aromatic rings. The Bertz CT molecular complexity index is 335. The van der Waals surface area contributed by atoms with Crippen molar-refractivity contribution in [1.82, 2.24) is 10.6 Å². The second-order valence-electron chi connectivity index (χ2n) is 4.53. The van der Waals surface area contributed by atoms with Crippen molar-refractivity contribution in [3.05, 3.63) is 0 Å². The highest BCUT2D eigenvalue weighted by Crippen LogP contribution is 2.12. The Morgan fingerprint density at radius 1 is 1.44 bits per heavy atom. The first-order chi connectivity index (χ1) is 8.23. The molecule has 0 saturated heterocycles. The molecular formula is C11H22N2O4S. The van der Waals surface area contributed by atoms with E-state index in [9.17, 15) is 13.8 Å². The van der Waals surface area contributed by atoms with Gasteiger partial charge in [0.25, 0.3) is 0 Å². The lowest BCUT2D eigenvalue weighted by atomic mass is 9.97. The van der Waals surface area contributed by atoms with Gasteiger partial charge in [0, 0.05) is 28.9 Å². The summed E-state index contributed by atoms with van der Waals surface area (Å²) in [6.07, 6.45) is 2.56. The molecule has 106 valence electrons. The molecule has 3 N–H and O–H groups in total. The highest BCUT2D eigenvalue weighted by Gasteiger charge is 2.33. The summed E-state index contributed by atoms with van der Waals surface area (Å²) in [6, 6.07) is -0.550. The van der Waals surface area contributed by atoms with Gasteiger partial charge in [0.15, 0.2) is 0 Å². The number of hydrogen-bond donors (Lipinski definition) is 3. The third-order valence-corrected chi connectivity index (χ3v) is 4.03. The third-order valence-electron chi connectivity index (χ3n) is 2.73. The molecule has 0 aromatic carbocycles. The molecule has 0 fully saturated rings. The number of aliphatic carboxylic acids is 1. The van der Waals surface area contributed by atoms with Crippen molar-refractivity contribution < 1.29 is 18.9 Å². The van der Waals surface area contributed by atoms with E-state index in [1.165, 1.54) is 6.92 Å². The van der Waals surface area contributed by atoms with Crippen LogP contribution in [0.5, 0.6) is 0 Å². The maximum Gasteiger partial charge on any atom is 0.329 e. The van der Waals surface area contributed by atoms with Crippen LogP contribution in [-0.2, 0) is 15.6 Å². The fourth-order valence-electron chi connectivity index (χ4n) is 1.37. The number of carboxylic acid groups (broad SMARTS) is 1. The Balaban J connectivity index is 4.36. The van der Waals surface area contributed by atoms with Gasteiger partial charge in [-0.2, -0.15) is 0 Å². The lowest BCUT2D eigenvalue weighted by Gasteiger charge is -2.26. The van der Waals surface area contributed by atoms with Gasteiger partial charge in [-0.15, -0.1) is 0 Å². The molecule has 0 aliphatic rings. The van der Waals surface area contributed by atoms with Crippen LogP contribution in [0.2, 0.25) is 0 Å². The van der Waals surface area contributed by atoms with Gasteiger partial charge in [-0.1, -0.05) is 13.3 Å². The van der Waals surface area contributed by atoms with Crippen LogP contribution in [-0.4, -0.2) is 44.9 Å². The molecule has 0 rings (SSSR count). The minimum atomic E-state index is -1.27. The Morgan fingerprint density at radius 3 is 2.39 bits per heavy atom. The van der Waals surface area contributed by atoms with E-state index in [2.05, 4.69) is 10.6 Å². The normalized spacial score (nSPS) is 17.3. The van der Waals surface area contributed by atoms with Crippen molar-refractivity contribution in [3.8, 4) is 0 Å². The predicted molar refractivity (Wildman–Crippen MR) is 71.0 cm³/mol. The van der Waals surface area contributed by atoms with Gasteiger partial charge in [-0.3, -0.25) is 4.21 Å². The molecule has 0 spiro atoms. The maximum absolute atomic E-state index is 11.6. The van der Waals surface area contributed by atoms with Gasteiger partial charge in [0.2, 0.25) is 0 Å². The first-order valence-electron chi connectivity index (χ1n) is 5.84. The van der Waals surface area contributed by atoms with Crippen molar-refractivity contribution >= 4 is 22.8 Å². The van der Waals surface area contributed by atoms with Crippen LogP contribution in [0, 0.1) is 0 Å². The monoisotopic (exact) mass is 278 g/mol. The Morgan fingerprint density at radius 2 is 2.00 bits per heavy atom. The SMILES string of the molecule is CCCC(C)(NC(=O)NCC(C)S(C)=O)C(=O)O. The molecule has 3 atom stereocenters. The number of carbonyl (C=O) groups is 2. The van der Waals surface area contributed by atoms with Crippen LogP contribution in [0.3, 0.4) is 0 Å². The van der Waals surface area contributed by atoms with Crippen molar-refractivity contribution in [1.29, 1.82) is 0 Å². The van der Waals surface area contributed by atoms with E-state index in [1.807, 2.05) is 6.92 Å². The van der Waals surface area contributed by atoms with Gasteiger partial charge < -0.3 is 15.7 Å². The lowest BCUT2D eigenvalue weighted by molar-refractivity contribution is -0.144. The molecule has 3 unspecified atom stereocenters. The van der Waals surface area contributed by atoms with Crippen LogP contribution >= 0.6 is 0 Å². The van der Waals surface area contributed by atoms with E-state index in [4.69, 9.17) is 5.11 Å². The molecular weight excluding hydrogens is 256 g/mol. The molecule has 0 aromatic heterocycles. The molecule has 0 heterocycles. The summed E-state index contributed by atoms with van der Waals surface area (Å²) >= 11 is 0. The van der Waals surface area contributed by atoms with Crippen LogP contribution in [0.15, 0.2) is 0 Å². The number of hydrogen-bond acceptors (Lipinski definition) is 3. The van der Waals surface area contributed by atoms with E-state index >= 15 is 0 Å². The summed E-state index contributed by atoms with van der Waals surface area (Å²) in [5.74, 6) is -1.06. The van der Waals surface area contributed by atoms with Crippen molar-refractivity contribution in [3.63, 3.8) is 0 Å². The molecule has 0 bridgehead atoms. The zero-order valence-electron chi connectivity index (χ0n) is 11.3. The summed E-state index contributed by atoms with van der Waals surface area (Å²) < 4.78 is 11.1. The summed E-state index contributed by atoms with van der Waals surface area (Å²) in [5.41, 5.74) is -1.27. The zero-order chi connectivity index (χ0) is 14.3. The summed E-state index contributed by atoms with van der Waals surface area (Å²) in [4.78, 5) is 22.7. The number of urea groups is 1. The van der Waals surface area contributed by atoms with E-state index < -0.39 is 28.3 Å². The third kappa shape index (κ3) is 5.48. The van der Waals surface area contributed by atoms with Crippen molar-refractivity contribution in [2.45, 2.75) is 44.4 Å². The van der Waals surface area contributed by atoms with E-state index in [-0.39, 0.29) is 11.8 Å². The Labute approximate surface area is 110 Å². The largest absolute Gasteiger partial charge is 0.480 e. The molecule has 0 radical (unpaired) electrons.